The Balaban J connectivity index is 0.000000663. The summed E-state index contributed by atoms with van der Waals surface area (Å²) in [5.74, 6) is 0.936. The molecule has 2 heterocycles. The van der Waals surface area contributed by atoms with Gasteiger partial charge in [0.25, 0.3) is 0 Å². The number of carbonyl (C=O) groups excluding carboxylic acids is 1. The molecule has 2 atom stereocenters. The largest absolute Gasteiger partial charge is 0.317 e. The van der Waals surface area contributed by atoms with Crippen LogP contribution < -0.4 is 5.32 Å². The number of anilines is 1. The van der Waals surface area contributed by atoms with Gasteiger partial charge in [-0.15, -0.1) is 17.9 Å². The van der Waals surface area contributed by atoms with Gasteiger partial charge in [0.15, 0.2) is 0 Å². The molecule has 1 aliphatic carbocycles. The van der Waals surface area contributed by atoms with Crippen molar-refractivity contribution in [3.05, 3.63) is 37.2 Å². The lowest BCUT2D eigenvalue weighted by Crippen LogP contribution is -2.13. The van der Waals surface area contributed by atoms with E-state index in [2.05, 4.69) is 23.8 Å². The summed E-state index contributed by atoms with van der Waals surface area (Å²) in [6, 6.07) is 3.97. The lowest BCUT2D eigenvalue weighted by molar-refractivity contribution is -0.117. The molecule has 2 aromatic heterocycles. The van der Waals surface area contributed by atoms with Crippen LogP contribution in [0.1, 0.15) is 35.5 Å². The van der Waals surface area contributed by atoms with Gasteiger partial charge >= 0.3 is 0 Å². The summed E-state index contributed by atoms with van der Waals surface area (Å²) in [5, 5.41) is 5.04. The van der Waals surface area contributed by atoms with E-state index in [1.807, 2.05) is 39.1 Å². The summed E-state index contributed by atoms with van der Waals surface area (Å²) in [6.07, 6.45) is 6.37. The molecule has 2 unspecified atom stereocenters. The molecule has 1 fully saturated rings. The number of amides is 1. The second kappa shape index (κ2) is 8.57. The van der Waals surface area contributed by atoms with E-state index >= 15 is 0 Å². The van der Waals surface area contributed by atoms with E-state index in [0.717, 1.165) is 21.5 Å². The van der Waals surface area contributed by atoms with Gasteiger partial charge in [0, 0.05) is 19.7 Å². The third-order valence-corrected chi connectivity index (χ3v) is 4.02. The Bertz CT molecular complexity index is 564. The van der Waals surface area contributed by atoms with Gasteiger partial charge in [0.05, 0.1) is 9.70 Å². The second-order valence-electron chi connectivity index (χ2n) is 4.74. The Kier molecular flexibility index (Phi) is 7.09. The molecule has 4 heteroatoms. The lowest BCUT2D eigenvalue weighted by atomic mass is 10.3. The Hall–Kier alpha value is -1.68. The highest BCUT2D eigenvalue weighted by Gasteiger charge is 2.39. The van der Waals surface area contributed by atoms with Crippen LogP contribution >= 0.6 is 11.3 Å². The molecule has 116 valence electrons. The van der Waals surface area contributed by atoms with Crippen molar-refractivity contribution in [3.63, 3.8) is 0 Å². The molecule has 2 aromatic rings. The lowest BCUT2D eigenvalue weighted by Gasteiger charge is -1.99. The predicted octanol–water partition coefficient (Wildman–Crippen LogP) is 5.36. The Morgan fingerprint density at radius 2 is 2.19 bits per heavy atom. The highest BCUT2D eigenvalue weighted by molar-refractivity contribution is 7.22. The minimum atomic E-state index is 0. The highest BCUT2D eigenvalue weighted by Crippen LogP contribution is 2.39. The average Bonchev–Trinajstić information content (AvgIpc) is 3.08. The number of allylic oxidation sites excluding steroid dienone is 1. The van der Waals surface area contributed by atoms with Crippen LogP contribution in [-0.2, 0) is 4.79 Å². The van der Waals surface area contributed by atoms with Gasteiger partial charge in [-0.05, 0) is 36.8 Å². The van der Waals surface area contributed by atoms with Crippen molar-refractivity contribution in [1.82, 2.24) is 4.98 Å². The van der Waals surface area contributed by atoms with Gasteiger partial charge in [-0.25, -0.2) is 0 Å². The molecule has 0 aliphatic heterocycles. The number of nitrogens with one attached hydrogen (secondary N) is 1. The van der Waals surface area contributed by atoms with Crippen LogP contribution in [0.2, 0.25) is 0 Å². The monoisotopic (exact) mass is 306 g/mol. The smallest absolute Gasteiger partial charge is 0.228 e. The predicted molar refractivity (Wildman–Crippen MR) is 94.9 cm³/mol. The third-order valence-electron chi connectivity index (χ3n) is 3.02. The summed E-state index contributed by atoms with van der Waals surface area (Å²) in [5.41, 5.74) is 0. The number of carbonyl (C=O) groups is 1. The van der Waals surface area contributed by atoms with Crippen LogP contribution in [0, 0.1) is 11.8 Å². The number of hydrogen-bond acceptors (Lipinski definition) is 3. The Labute approximate surface area is 132 Å². The standard InChI is InChI=1S/C12H12N2OS.C3H6.C2H6.H2/c1-7-4-9(7)12(15)14-11-5-8-2-3-13-6-10(8)16-11;1-3-2;1-2;/h2-3,5-7,9H,4H2,1H3,(H,14,15);3H,1H2,2H3;1-2H3;1H. The van der Waals surface area contributed by atoms with E-state index in [4.69, 9.17) is 0 Å². The minimum Gasteiger partial charge on any atom is -0.317 e. The van der Waals surface area contributed by atoms with Gasteiger partial charge in [-0.1, -0.05) is 26.8 Å². The molecule has 0 spiro atoms. The maximum absolute atomic E-state index is 11.7. The summed E-state index contributed by atoms with van der Waals surface area (Å²) in [6.45, 7) is 11.4. The topological polar surface area (TPSA) is 42.0 Å². The highest BCUT2D eigenvalue weighted by atomic mass is 32.1. The molecule has 1 aliphatic rings. The number of pyridine rings is 1. The molecule has 3 nitrogen and oxygen atoms in total. The first-order valence-electron chi connectivity index (χ1n) is 7.37. The molecule has 0 radical (unpaired) electrons. The van der Waals surface area contributed by atoms with Crippen molar-refractivity contribution in [2.75, 3.05) is 5.32 Å². The minimum absolute atomic E-state index is 0. The summed E-state index contributed by atoms with van der Waals surface area (Å²) < 4.78 is 1.11. The molecule has 3 rings (SSSR count). The maximum Gasteiger partial charge on any atom is 0.228 e. The van der Waals surface area contributed by atoms with E-state index in [-0.39, 0.29) is 13.3 Å². The van der Waals surface area contributed by atoms with Crippen LogP contribution in [0.5, 0.6) is 0 Å². The van der Waals surface area contributed by atoms with Crippen LogP contribution in [0.4, 0.5) is 5.00 Å². The molecule has 0 aromatic carbocycles. The number of aromatic nitrogens is 1. The molecule has 1 saturated carbocycles. The van der Waals surface area contributed by atoms with Crippen LogP contribution in [0.25, 0.3) is 10.1 Å². The van der Waals surface area contributed by atoms with Crippen molar-refractivity contribution in [2.24, 2.45) is 11.8 Å². The SMILES string of the molecule is C=CC.CC.CC1CC1C(=O)Nc1cc2ccncc2s1.[HH]. The van der Waals surface area contributed by atoms with Gasteiger partial charge < -0.3 is 5.32 Å². The zero-order chi connectivity index (χ0) is 15.8. The Morgan fingerprint density at radius 3 is 2.71 bits per heavy atom. The normalized spacial score (nSPS) is 18.7. The molecule has 21 heavy (non-hydrogen) atoms. The number of hydrogen-bond donors (Lipinski definition) is 1. The summed E-state index contributed by atoms with van der Waals surface area (Å²) in [7, 11) is 0. The van der Waals surface area contributed by atoms with Gasteiger partial charge in [-0.2, -0.15) is 0 Å². The van der Waals surface area contributed by atoms with E-state index in [0.29, 0.717) is 5.92 Å². The molecule has 1 N–H and O–H groups in total. The Morgan fingerprint density at radius 1 is 1.57 bits per heavy atom. The molecular formula is C17H26N2OS. The number of fused-ring (bicyclic) bond motifs is 1. The van der Waals surface area contributed by atoms with Crippen molar-refractivity contribution in [2.45, 2.75) is 34.1 Å². The zero-order valence-electron chi connectivity index (χ0n) is 13.2. The molecule has 0 bridgehead atoms. The van der Waals surface area contributed by atoms with E-state index in [1.54, 1.807) is 23.6 Å². The van der Waals surface area contributed by atoms with Crippen LogP contribution in [0.3, 0.4) is 0 Å². The quantitative estimate of drug-likeness (QED) is 0.759. The molecular weight excluding hydrogens is 280 g/mol. The van der Waals surface area contributed by atoms with Gasteiger partial charge in [0.2, 0.25) is 5.91 Å². The fourth-order valence-electron chi connectivity index (χ4n) is 1.85. The first-order chi connectivity index (χ1) is 10.2. The van der Waals surface area contributed by atoms with Crippen molar-refractivity contribution >= 4 is 32.3 Å². The van der Waals surface area contributed by atoms with Crippen molar-refractivity contribution in [3.8, 4) is 0 Å². The first kappa shape index (κ1) is 17.4. The second-order valence-corrected chi connectivity index (χ2v) is 5.82. The number of rotatable bonds is 2. The zero-order valence-corrected chi connectivity index (χ0v) is 14.0. The first-order valence-corrected chi connectivity index (χ1v) is 8.18. The number of nitrogens with zero attached hydrogens (tertiary/aromatic N) is 1. The maximum atomic E-state index is 11.7. The van der Waals surface area contributed by atoms with Crippen LogP contribution in [0.15, 0.2) is 37.2 Å². The van der Waals surface area contributed by atoms with Gasteiger partial charge in [-0.3, -0.25) is 9.78 Å². The van der Waals surface area contributed by atoms with Crippen molar-refractivity contribution < 1.29 is 6.22 Å². The van der Waals surface area contributed by atoms with E-state index in [1.165, 1.54) is 0 Å². The fourth-order valence-corrected chi connectivity index (χ4v) is 2.78. The van der Waals surface area contributed by atoms with E-state index < -0.39 is 0 Å². The van der Waals surface area contributed by atoms with Gasteiger partial charge in [0.1, 0.15) is 0 Å². The van der Waals surface area contributed by atoms with Crippen molar-refractivity contribution in [1.29, 1.82) is 0 Å². The third kappa shape index (κ3) is 4.97. The summed E-state index contributed by atoms with van der Waals surface area (Å²) >= 11 is 1.58. The number of thiophene rings is 1. The van der Waals surface area contributed by atoms with Crippen LogP contribution in [-0.4, -0.2) is 10.9 Å². The average molecular weight is 306 g/mol. The summed E-state index contributed by atoms with van der Waals surface area (Å²) in [4.78, 5) is 15.8. The molecule has 0 saturated heterocycles. The molecule has 1 amide bonds. The van der Waals surface area contributed by atoms with E-state index in [9.17, 15) is 4.79 Å². The fraction of sp³-hybridized carbons (Fsp3) is 0.412.